The van der Waals surface area contributed by atoms with E-state index >= 15 is 0 Å². The Hall–Kier alpha value is -13.8. The van der Waals surface area contributed by atoms with Crippen molar-refractivity contribution in [2.45, 2.75) is 211 Å². The molecule has 0 spiro atoms. The molecule has 16 rings (SSSR count). The van der Waals surface area contributed by atoms with Gasteiger partial charge < -0.3 is 54.0 Å². The molecule has 0 bridgehead atoms. The van der Waals surface area contributed by atoms with E-state index in [2.05, 4.69) is 148 Å². The monoisotopic (exact) mass is 1960 g/mol. The van der Waals surface area contributed by atoms with Gasteiger partial charge in [0.1, 0.15) is 5.82 Å². The van der Waals surface area contributed by atoms with Gasteiger partial charge in [0.15, 0.2) is 0 Å². The highest BCUT2D eigenvalue weighted by molar-refractivity contribution is 5.78. The van der Waals surface area contributed by atoms with Gasteiger partial charge in [-0.3, -0.25) is 34.1 Å². The lowest BCUT2D eigenvalue weighted by Crippen LogP contribution is -2.34. The van der Waals surface area contributed by atoms with Crippen LogP contribution in [-0.4, -0.2) is 134 Å². The first kappa shape index (κ1) is 106. The molecule has 4 aliphatic rings. The maximum Gasteiger partial charge on any atom is 0.419 e. The molecular weight excluding hydrogens is 1850 g/mol. The molecule has 25 nitrogen and oxygen atoms in total. The minimum Gasteiger partial charge on any atom is -0.369 e. The number of likely N-dealkylation sites (N-methyl/N-ethyl adjacent to an activating group) is 1. The van der Waals surface area contributed by atoms with Gasteiger partial charge in [-0.2, -0.15) is 52.7 Å². The number of nitrogens with one attached hydrogen (secondary N) is 4. The fraction of sp³-hybridized carbons (Fsp3) is 0.381. The van der Waals surface area contributed by atoms with Crippen molar-refractivity contribution in [3.05, 3.63) is 324 Å². The molecule has 3 aliphatic heterocycles. The first-order valence-electron chi connectivity index (χ1n) is 47.6. The molecule has 2 saturated heterocycles. The zero-order valence-corrected chi connectivity index (χ0v) is 78.9. The van der Waals surface area contributed by atoms with Crippen LogP contribution in [0.25, 0.3) is 0 Å². The van der Waals surface area contributed by atoms with Crippen molar-refractivity contribution in [1.29, 1.82) is 0 Å². The van der Waals surface area contributed by atoms with Gasteiger partial charge in [0.05, 0.1) is 70.7 Å². The zero-order chi connectivity index (χ0) is 101. The topological polar surface area (TPSA) is 369 Å². The van der Waals surface area contributed by atoms with Gasteiger partial charge in [0.2, 0.25) is 41.5 Å². The van der Waals surface area contributed by atoms with Crippen LogP contribution in [0.5, 0.6) is 0 Å². The smallest absolute Gasteiger partial charge is 0.369 e. The number of aryl methyl sites for hydroxylation is 8. The zero-order valence-electron chi connectivity index (χ0n) is 78.9. The van der Waals surface area contributed by atoms with E-state index in [1.165, 1.54) is 84.9 Å². The van der Waals surface area contributed by atoms with E-state index in [9.17, 15) is 71.9 Å². The van der Waals surface area contributed by atoms with Crippen molar-refractivity contribution < 1.29 is 71.9 Å². The number of amides is 4. The maximum atomic E-state index is 13.7. The molecule has 10 heterocycles. The Kier molecular flexibility index (Phi) is 36.8. The molecule has 7 aromatic heterocycles. The lowest BCUT2D eigenvalue weighted by Gasteiger charge is -2.32. The number of piperidine rings is 2. The van der Waals surface area contributed by atoms with E-state index in [1.807, 2.05) is 42.5 Å². The summed E-state index contributed by atoms with van der Waals surface area (Å²) in [5.41, 5.74) is 31.5. The Balaban J connectivity index is 0.000000159. The number of nitrogens with two attached hydrogens (primary N) is 4. The average Bonchev–Trinajstić information content (AvgIpc) is 0.812. The Bertz CT molecular complexity index is 6240. The minimum atomic E-state index is -4.60. The van der Waals surface area contributed by atoms with Crippen LogP contribution < -0.4 is 44.2 Å². The van der Waals surface area contributed by atoms with Gasteiger partial charge in [-0.25, -0.2) is 39.9 Å². The molecule has 142 heavy (non-hydrogen) atoms. The third-order valence-corrected chi connectivity index (χ3v) is 25.7. The SMILES string of the molecule is CCN1CCC(c2ccc(Nc3ncc(C(F)(F)F)c(CCc4ncccc4CC(N)=O)n3)cc2)CC1.CCN1CCCC(c2ccc(Nc3ncc(C(F)(F)F)c(CCc4ncccc4CC(N)=O)n3)cc2)C1.NC(=O)Cc1ccccc1CCc1nc(Cc2ccc3c(c2)CCNC3)ncc1C(F)(F)F.NC(=O)Cc1cccnc1CCc1nc(Nc2ccc(C3CCCCC3)cc2)ncc1C(F)(F)F. The number of fused-ring (bicyclic) bond motifs is 1. The van der Waals surface area contributed by atoms with Crippen molar-refractivity contribution in [1.82, 2.24) is 69.9 Å². The van der Waals surface area contributed by atoms with Crippen molar-refractivity contribution >= 4 is 58.5 Å². The number of nitrogens with zero attached hydrogens (tertiary/aromatic N) is 13. The number of anilines is 6. The van der Waals surface area contributed by atoms with Crippen LogP contribution in [0.3, 0.4) is 0 Å². The second-order valence-electron chi connectivity index (χ2n) is 35.7. The number of aromatic nitrogens is 11. The van der Waals surface area contributed by atoms with E-state index < -0.39 is 70.6 Å². The summed E-state index contributed by atoms with van der Waals surface area (Å²) >= 11 is 0. The molecule has 4 amide bonds. The lowest BCUT2D eigenvalue weighted by molar-refractivity contribution is -0.139. The largest absolute Gasteiger partial charge is 0.419 e. The van der Waals surface area contributed by atoms with Crippen molar-refractivity contribution in [2.24, 2.45) is 22.9 Å². The second-order valence-corrected chi connectivity index (χ2v) is 35.7. The van der Waals surface area contributed by atoms with Crippen LogP contribution in [0.4, 0.5) is 87.6 Å². The van der Waals surface area contributed by atoms with Crippen LogP contribution in [0, 0.1) is 0 Å². The number of pyridine rings is 3. The maximum absolute atomic E-state index is 13.7. The Morgan fingerprint density at radius 2 is 0.732 bits per heavy atom. The predicted octanol–water partition coefficient (Wildman–Crippen LogP) is 18.3. The highest BCUT2D eigenvalue weighted by atomic mass is 19.4. The fourth-order valence-corrected chi connectivity index (χ4v) is 18.3. The highest BCUT2D eigenvalue weighted by Crippen LogP contribution is 2.40. The molecule has 0 radical (unpaired) electrons. The molecule has 1 atom stereocenters. The third kappa shape index (κ3) is 31.1. The summed E-state index contributed by atoms with van der Waals surface area (Å²) in [5, 5.41) is 12.4. The second kappa shape index (κ2) is 49.5. The molecule has 3 fully saturated rings. The molecule has 37 heteroatoms. The first-order chi connectivity index (χ1) is 68.0. The number of hydrogen-bond donors (Lipinski definition) is 8. The molecular formula is C105H115F12N21O4. The molecule has 12 aromatic rings. The van der Waals surface area contributed by atoms with Crippen LogP contribution >= 0.6 is 0 Å². The number of benzene rings is 5. The van der Waals surface area contributed by atoms with E-state index in [-0.39, 0.29) is 111 Å². The van der Waals surface area contributed by atoms with Gasteiger partial charge in [-0.05, 0) is 269 Å². The molecule has 748 valence electrons. The van der Waals surface area contributed by atoms with Crippen LogP contribution in [0.15, 0.2) is 195 Å². The van der Waals surface area contributed by atoms with Crippen LogP contribution in [0.2, 0.25) is 0 Å². The summed E-state index contributed by atoms with van der Waals surface area (Å²) < 4.78 is 164. The Labute approximate surface area is 815 Å². The normalized spacial score (nSPS) is 15.0. The van der Waals surface area contributed by atoms with E-state index in [1.54, 1.807) is 60.7 Å². The fourth-order valence-electron chi connectivity index (χ4n) is 18.3. The highest BCUT2D eigenvalue weighted by Gasteiger charge is 2.39. The van der Waals surface area contributed by atoms with E-state index in [0.29, 0.717) is 87.3 Å². The summed E-state index contributed by atoms with van der Waals surface area (Å²) in [6.07, 6.45) is 2.41. The Morgan fingerprint density at radius 1 is 0.366 bits per heavy atom. The minimum absolute atomic E-state index is 0.0184. The van der Waals surface area contributed by atoms with Crippen molar-refractivity contribution in [2.75, 3.05) is 61.8 Å². The van der Waals surface area contributed by atoms with Gasteiger partial charge in [-0.15, -0.1) is 0 Å². The molecule has 1 unspecified atom stereocenters. The quantitative estimate of drug-likeness (QED) is 0.0177. The summed E-state index contributed by atoms with van der Waals surface area (Å²) in [4.78, 5) is 95.6. The number of hydrogen-bond acceptors (Lipinski definition) is 21. The standard InChI is InChI=1S/2C27H31F3N6O.C26H28F3N5O.C25H25F3N4O/c1-2-36-14-4-6-20(17-36)18-7-9-21(10-8-18)34-26-33-16-22(27(28,29)30)24(35-26)12-11-23-19(15-25(31)37)5-3-13-32-23;1-2-36-14-11-19(12-15-36)18-5-7-21(8-6-18)34-26-33-17-22(27(28,29)30)24(35-26)10-9-23-20(16-25(31)37)4-3-13-32-23;27-26(28,29)21-16-32-25(33-20-10-8-18(9-11-20)17-5-2-1-3-6-17)34-23(21)13-12-22-19(15-24(30)35)7-4-14-31-22;26-25(27,28)21-15-31-24(12-16-5-6-20-14-30-10-9-19(20)11-16)32-22(21)8-7-17-3-1-2-4-18(17)13-23(29)33/h3,5,7-10,13,16,20H,2,4,6,11-12,14-15,17H2,1H3,(H2,31,37)(H,33,34,35);3-8,13,17,19H,2,9-12,14-16H2,1H3,(H2,31,37)(H,33,34,35);4,7-11,14,16-17H,1-3,5-6,12-13,15H2,(H2,30,35)(H,32,33,34);1-6,11,15,30H,7-10,12-14H2,(H2,29,33). The van der Waals surface area contributed by atoms with Gasteiger partial charge in [-0.1, -0.05) is 130 Å². The number of carbonyl (C=O) groups is 4. The summed E-state index contributed by atoms with van der Waals surface area (Å²) in [7, 11) is 0. The van der Waals surface area contributed by atoms with Crippen LogP contribution in [0.1, 0.15) is 219 Å². The third-order valence-electron chi connectivity index (χ3n) is 25.7. The number of alkyl halides is 12. The lowest BCUT2D eigenvalue weighted by atomic mass is 9.84. The first-order valence-corrected chi connectivity index (χ1v) is 47.6. The van der Waals surface area contributed by atoms with Crippen LogP contribution in [-0.2, 0) is 140 Å². The average molecular weight is 1960 g/mol. The Morgan fingerprint density at radius 3 is 1.15 bits per heavy atom. The number of rotatable bonds is 33. The summed E-state index contributed by atoms with van der Waals surface area (Å²) in [6.45, 7) is 12.5. The molecule has 5 aromatic carbocycles. The van der Waals surface area contributed by atoms with Gasteiger partial charge in [0.25, 0.3) is 0 Å². The van der Waals surface area contributed by atoms with Gasteiger partial charge in [0, 0.05) is 97.0 Å². The molecule has 1 aliphatic carbocycles. The predicted molar refractivity (Wildman–Crippen MR) is 516 cm³/mol. The van der Waals surface area contributed by atoms with Gasteiger partial charge >= 0.3 is 24.7 Å². The van der Waals surface area contributed by atoms with E-state index in [4.69, 9.17) is 22.9 Å². The number of likely N-dealkylation sites (tertiary alicyclic amines) is 2. The number of primary amides is 4. The number of halogens is 12. The van der Waals surface area contributed by atoms with E-state index in [0.717, 1.165) is 120 Å². The summed E-state index contributed by atoms with van der Waals surface area (Å²) in [6, 6.07) is 47.1. The number of carbonyl (C=O) groups excluding carboxylic acids is 4. The molecule has 1 saturated carbocycles. The van der Waals surface area contributed by atoms with Crippen molar-refractivity contribution in [3.63, 3.8) is 0 Å². The van der Waals surface area contributed by atoms with Crippen molar-refractivity contribution in [3.8, 4) is 0 Å². The molecule has 12 N–H and O–H groups in total. The summed E-state index contributed by atoms with van der Waals surface area (Å²) in [5.74, 6) is 0.106.